The monoisotopic (exact) mass is 329 g/mol. The van der Waals surface area contributed by atoms with Gasteiger partial charge >= 0.3 is 6.03 Å². The molecule has 1 aromatic carbocycles. The Labute approximate surface area is 131 Å². The third kappa shape index (κ3) is 5.27. The third-order valence-corrected chi connectivity index (χ3v) is 4.07. The standard InChI is InChI=1S/C14H17F2N3O2S/c15-10-4-9(5-11(16)7-10)6-13(8-20)17-14(21)19-22-18-12-2-1-3-12/h4-5,7-8,12-13,18H,1-3,6H2,(H2,17,19,21). The predicted molar refractivity (Wildman–Crippen MR) is 79.9 cm³/mol. The quantitative estimate of drug-likeness (QED) is 0.529. The Bertz CT molecular complexity index is 521. The zero-order chi connectivity index (χ0) is 15.9. The molecule has 120 valence electrons. The Hall–Kier alpha value is -1.67. The van der Waals surface area contributed by atoms with Crippen LogP contribution in [0.4, 0.5) is 13.6 Å². The molecule has 22 heavy (non-hydrogen) atoms. The number of halogens is 2. The first kappa shape index (κ1) is 16.7. The van der Waals surface area contributed by atoms with Gasteiger partial charge in [0.15, 0.2) is 0 Å². The first-order chi connectivity index (χ1) is 10.6. The van der Waals surface area contributed by atoms with Crippen molar-refractivity contribution >= 4 is 24.5 Å². The van der Waals surface area contributed by atoms with E-state index in [0.717, 1.165) is 43.2 Å². The van der Waals surface area contributed by atoms with Crippen molar-refractivity contribution in [2.24, 2.45) is 0 Å². The van der Waals surface area contributed by atoms with Crippen LogP contribution in [0.3, 0.4) is 0 Å². The van der Waals surface area contributed by atoms with Crippen LogP contribution >= 0.6 is 12.1 Å². The number of amides is 2. The number of benzene rings is 1. The number of carbonyl (C=O) groups excluding carboxylic acids is 2. The average molecular weight is 329 g/mol. The highest BCUT2D eigenvalue weighted by molar-refractivity contribution is 7.96. The molecule has 0 aliphatic heterocycles. The molecule has 0 saturated heterocycles. The maximum Gasteiger partial charge on any atom is 0.326 e. The second-order valence-electron chi connectivity index (χ2n) is 5.15. The molecule has 2 rings (SSSR count). The summed E-state index contributed by atoms with van der Waals surface area (Å²) in [5, 5.41) is 2.44. The van der Waals surface area contributed by atoms with E-state index in [1.54, 1.807) is 0 Å². The Kier molecular flexibility index (Phi) is 6.14. The van der Waals surface area contributed by atoms with Crippen LogP contribution in [0.15, 0.2) is 18.2 Å². The lowest BCUT2D eigenvalue weighted by Gasteiger charge is -2.25. The van der Waals surface area contributed by atoms with E-state index in [2.05, 4.69) is 14.8 Å². The SMILES string of the molecule is O=CC(Cc1cc(F)cc(F)c1)NC(=O)NSNC1CCC1. The smallest absolute Gasteiger partial charge is 0.326 e. The molecule has 1 aliphatic rings. The molecule has 1 unspecified atom stereocenters. The van der Waals surface area contributed by atoms with Crippen molar-refractivity contribution in [3.05, 3.63) is 35.4 Å². The van der Waals surface area contributed by atoms with Crippen LogP contribution in [0, 0.1) is 11.6 Å². The number of aldehydes is 1. The van der Waals surface area contributed by atoms with Gasteiger partial charge in [-0.25, -0.2) is 18.3 Å². The van der Waals surface area contributed by atoms with Gasteiger partial charge in [-0.15, -0.1) is 0 Å². The second kappa shape index (κ2) is 8.09. The minimum absolute atomic E-state index is 0.0202. The minimum Gasteiger partial charge on any atom is -0.328 e. The fraction of sp³-hybridized carbons (Fsp3) is 0.429. The summed E-state index contributed by atoms with van der Waals surface area (Å²) in [6.45, 7) is 0. The fourth-order valence-corrected chi connectivity index (χ4v) is 2.61. The van der Waals surface area contributed by atoms with Gasteiger partial charge in [-0.1, -0.05) is 6.42 Å². The molecule has 1 atom stereocenters. The maximum atomic E-state index is 13.1. The molecule has 0 bridgehead atoms. The third-order valence-electron chi connectivity index (χ3n) is 3.33. The van der Waals surface area contributed by atoms with Crippen molar-refractivity contribution in [2.75, 3.05) is 0 Å². The van der Waals surface area contributed by atoms with E-state index in [0.29, 0.717) is 17.9 Å². The van der Waals surface area contributed by atoms with Gasteiger partial charge < -0.3 is 10.1 Å². The van der Waals surface area contributed by atoms with E-state index >= 15 is 0 Å². The minimum atomic E-state index is -0.856. The van der Waals surface area contributed by atoms with E-state index in [-0.39, 0.29) is 6.42 Å². The topological polar surface area (TPSA) is 70.2 Å². The van der Waals surface area contributed by atoms with Crippen molar-refractivity contribution in [2.45, 2.75) is 37.8 Å². The van der Waals surface area contributed by atoms with Gasteiger partial charge in [0.05, 0.1) is 6.04 Å². The number of rotatable bonds is 7. The van der Waals surface area contributed by atoms with Crippen molar-refractivity contribution in [3.63, 3.8) is 0 Å². The summed E-state index contributed by atoms with van der Waals surface area (Å²) >= 11 is 1.06. The summed E-state index contributed by atoms with van der Waals surface area (Å²) in [5.74, 6) is -1.44. The van der Waals surface area contributed by atoms with Crippen LogP contribution in [0.5, 0.6) is 0 Å². The molecular weight excluding hydrogens is 312 g/mol. The van der Waals surface area contributed by atoms with Crippen molar-refractivity contribution < 1.29 is 18.4 Å². The second-order valence-corrected chi connectivity index (χ2v) is 5.79. The summed E-state index contributed by atoms with van der Waals surface area (Å²) < 4.78 is 31.7. The zero-order valence-corrected chi connectivity index (χ0v) is 12.6. The van der Waals surface area contributed by atoms with Gasteiger partial charge in [0.2, 0.25) is 0 Å². The van der Waals surface area contributed by atoms with Crippen molar-refractivity contribution in [1.29, 1.82) is 0 Å². The maximum absolute atomic E-state index is 13.1. The van der Waals surface area contributed by atoms with E-state index in [1.165, 1.54) is 6.42 Å². The largest absolute Gasteiger partial charge is 0.328 e. The molecule has 2 amide bonds. The van der Waals surface area contributed by atoms with Gasteiger partial charge in [-0.05, 0) is 37.0 Å². The molecule has 0 heterocycles. The first-order valence-electron chi connectivity index (χ1n) is 6.95. The van der Waals surface area contributed by atoms with Crippen LogP contribution in [-0.2, 0) is 11.2 Å². The number of hydrogen-bond donors (Lipinski definition) is 3. The summed E-state index contributed by atoms with van der Waals surface area (Å²) in [6, 6.07) is 2.03. The Morgan fingerprint density at radius 1 is 1.32 bits per heavy atom. The highest BCUT2D eigenvalue weighted by Gasteiger charge is 2.18. The van der Waals surface area contributed by atoms with Gasteiger partial charge in [0.25, 0.3) is 0 Å². The van der Waals surface area contributed by atoms with Gasteiger partial charge in [-0.2, -0.15) is 0 Å². The molecular formula is C14H17F2N3O2S. The Balaban J connectivity index is 1.77. The zero-order valence-electron chi connectivity index (χ0n) is 11.8. The lowest BCUT2D eigenvalue weighted by molar-refractivity contribution is -0.109. The van der Waals surface area contributed by atoms with Gasteiger partial charge in [0.1, 0.15) is 17.9 Å². The van der Waals surface area contributed by atoms with Crippen LogP contribution in [0.1, 0.15) is 24.8 Å². The van der Waals surface area contributed by atoms with Gasteiger partial charge in [-0.3, -0.25) is 4.72 Å². The number of urea groups is 1. The predicted octanol–water partition coefficient (Wildman–Crippen LogP) is 2.08. The normalized spacial score (nSPS) is 15.7. The molecule has 1 aliphatic carbocycles. The molecule has 1 aromatic rings. The van der Waals surface area contributed by atoms with E-state index in [1.807, 2.05) is 0 Å². The van der Waals surface area contributed by atoms with E-state index in [9.17, 15) is 18.4 Å². The lowest BCUT2D eigenvalue weighted by Crippen LogP contribution is -2.43. The molecule has 3 N–H and O–H groups in total. The summed E-state index contributed by atoms with van der Waals surface area (Å²) in [4.78, 5) is 22.6. The van der Waals surface area contributed by atoms with Crippen molar-refractivity contribution in [3.8, 4) is 0 Å². The first-order valence-corrected chi connectivity index (χ1v) is 7.76. The number of nitrogens with one attached hydrogen (secondary N) is 3. The molecule has 0 aromatic heterocycles. The highest BCUT2D eigenvalue weighted by Crippen LogP contribution is 2.19. The Morgan fingerprint density at radius 2 is 2.00 bits per heavy atom. The summed E-state index contributed by atoms with van der Waals surface area (Å²) in [7, 11) is 0. The molecule has 1 saturated carbocycles. The average Bonchev–Trinajstić information content (AvgIpc) is 2.39. The Morgan fingerprint density at radius 3 is 2.55 bits per heavy atom. The highest BCUT2D eigenvalue weighted by atomic mass is 32.2. The summed E-state index contributed by atoms with van der Waals surface area (Å²) in [6.07, 6.45) is 3.90. The molecule has 0 radical (unpaired) electrons. The summed E-state index contributed by atoms with van der Waals surface area (Å²) in [5.41, 5.74) is 0.301. The van der Waals surface area contributed by atoms with Crippen LogP contribution in [-0.4, -0.2) is 24.4 Å². The van der Waals surface area contributed by atoms with Crippen LogP contribution in [0.2, 0.25) is 0 Å². The van der Waals surface area contributed by atoms with E-state index in [4.69, 9.17) is 0 Å². The van der Waals surface area contributed by atoms with E-state index < -0.39 is 23.7 Å². The van der Waals surface area contributed by atoms with Crippen LogP contribution in [0.25, 0.3) is 0 Å². The van der Waals surface area contributed by atoms with Gasteiger partial charge in [0, 0.05) is 24.2 Å². The molecule has 1 fully saturated rings. The van der Waals surface area contributed by atoms with Crippen LogP contribution < -0.4 is 14.8 Å². The number of hydrogen-bond acceptors (Lipinski definition) is 4. The molecule has 0 spiro atoms. The van der Waals surface area contributed by atoms with Crippen molar-refractivity contribution in [1.82, 2.24) is 14.8 Å². The molecule has 5 nitrogen and oxygen atoms in total. The lowest BCUT2D eigenvalue weighted by atomic mass is 9.94. The molecule has 8 heteroatoms. The fourth-order valence-electron chi connectivity index (χ4n) is 2.00. The number of carbonyl (C=O) groups is 2.